The summed E-state index contributed by atoms with van der Waals surface area (Å²) in [6.45, 7) is 0. The molecule has 0 saturated heterocycles. The maximum atomic E-state index is 12.3. The van der Waals surface area contributed by atoms with Crippen LogP contribution in [0.1, 0.15) is 32.1 Å². The molecule has 0 bridgehead atoms. The molecule has 1 aliphatic rings. The summed E-state index contributed by atoms with van der Waals surface area (Å²) >= 11 is 0. The van der Waals surface area contributed by atoms with Crippen molar-refractivity contribution in [2.24, 2.45) is 0 Å². The molecule has 0 aliphatic heterocycles. The molecule has 22 heavy (non-hydrogen) atoms. The summed E-state index contributed by atoms with van der Waals surface area (Å²) in [5, 5.41) is 2.99. The predicted molar refractivity (Wildman–Crippen MR) is 89.4 cm³/mol. The zero-order chi connectivity index (χ0) is 15.4. The van der Waals surface area contributed by atoms with Crippen LogP contribution in [0.5, 0.6) is 0 Å². The number of urea groups is 1. The van der Waals surface area contributed by atoms with E-state index >= 15 is 0 Å². The lowest BCUT2D eigenvalue weighted by Gasteiger charge is -2.31. The predicted octanol–water partition coefficient (Wildman–Crippen LogP) is 4.27. The number of hydrogen-bond donors (Lipinski definition) is 1. The standard InChI is InChI=1S/C18H23N3O/c1-20(16-7-3-2-4-8-16)18(22)19-15-9-11-17(12-10-15)21-13-5-6-14-21/h5-6,9-14,16H,2-4,7-8H2,1H3,(H,19,22). The number of aromatic nitrogens is 1. The number of amides is 2. The van der Waals surface area contributed by atoms with E-state index in [1.165, 1.54) is 19.3 Å². The van der Waals surface area contributed by atoms with Gasteiger partial charge < -0.3 is 14.8 Å². The molecule has 1 fully saturated rings. The zero-order valence-electron chi connectivity index (χ0n) is 13.0. The van der Waals surface area contributed by atoms with Crippen LogP contribution in [0.15, 0.2) is 48.8 Å². The normalized spacial score (nSPS) is 15.5. The van der Waals surface area contributed by atoms with E-state index < -0.39 is 0 Å². The summed E-state index contributed by atoms with van der Waals surface area (Å²) in [6.07, 6.45) is 10.0. The first-order valence-electron chi connectivity index (χ1n) is 8.01. The van der Waals surface area contributed by atoms with E-state index in [4.69, 9.17) is 0 Å². The SMILES string of the molecule is CN(C(=O)Nc1ccc(-n2cccc2)cc1)C1CCCCC1. The van der Waals surface area contributed by atoms with Crippen LogP contribution in [0.2, 0.25) is 0 Å². The van der Waals surface area contributed by atoms with E-state index in [2.05, 4.69) is 5.32 Å². The van der Waals surface area contributed by atoms with Crippen molar-refractivity contribution in [2.45, 2.75) is 38.1 Å². The second kappa shape index (κ2) is 6.69. The highest BCUT2D eigenvalue weighted by Gasteiger charge is 2.21. The lowest BCUT2D eigenvalue weighted by Crippen LogP contribution is -2.40. The third kappa shape index (κ3) is 3.32. The Morgan fingerprint density at radius 3 is 2.36 bits per heavy atom. The number of nitrogens with zero attached hydrogens (tertiary/aromatic N) is 2. The number of carbonyl (C=O) groups is 1. The highest BCUT2D eigenvalue weighted by Crippen LogP contribution is 2.22. The molecule has 3 rings (SSSR count). The fourth-order valence-corrected chi connectivity index (χ4v) is 3.07. The van der Waals surface area contributed by atoms with Gasteiger partial charge in [0.1, 0.15) is 0 Å². The molecule has 1 N–H and O–H groups in total. The zero-order valence-corrected chi connectivity index (χ0v) is 13.0. The van der Waals surface area contributed by atoms with Crippen molar-refractivity contribution >= 4 is 11.7 Å². The van der Waals surface area contributed by atoms with Crippen molar-refractivity contribution in [1.29, 1.82) is 0 Å². The maximum absolute atomic E-state index is 12.3. The number of rotatable bonds is 3. The molecule has 4 heteroatoms. The van der Waals surface area contributed by atoms with Crippen LogP contribution in [-0.2, 0) is 0 Å². The molecule has 2 amide bonds. The number of carbonyl (C=O) groups excluding carboxylic acids is 1. The molecular formula is C18H23N3O. The Balaban J connectivity index is 1.61. The fourth-order valence-electron chi connectivity index (χ4n) is 3.07. The van der Waals surface area contributed by atoms with Crippen molar-refractivity contribution in [3.8, 4) is 5.69 Å². The lowest BCUT2D eigenvalue weighted by atomic mass is 9.95. The average Bonchev–Trinajstić information content (AvgIpc) is 3.10. The molecule has 1 aromatic carbocycles. The van der Waals surface area contributed by atoms with Crippen LogP contribution in [0, 0.1) is 0 Å². The molecule has 1 aliphatic carbocycles. The quantitative estimate of drug-likeness (QED) is 0.902. The summed E-state index contributed by atoms with van der Waals surface area (Å²) in [6, 6.07) is 12.3. The molecule has 0 radical (unpaired) electrons. The van der Waals surface area contributed by atoms with Crippen LogP contribution >= 0.6 is 0 Å². The van der Waals surface area contributed by atoms with Crippen LogP contribution in [0.4, 0.5) is 10.5 Å². The molecule has 1 saturated carbocycles. The van der Waals surface area contributed by atoms with E-state index in [1.807, 2.05) is 65.3 Å². The molecule has 1 aromatic heterocycles. The van der Waals surface area contributed by atoms with Gasteiger partial charge in [0.05, 0.1) is 0 Å². The monoisotopic (exact) mass is 297 g/mol. The second-order valence-electron chi connectivity index (χ2n) is 5.97. The van der Waals surface area contributed by atoms with Gasteiger partial charge in [-0.2, -0.15) is 0 Å². The summed E-state index contributed by atoms with van der Waals surface area (Å²) in [4.78, 5) is 14.2. The van der Waals surface area contributed by atoms with Gasteiger partial charge in [0.15, 0.2) is 0 Å². The topological polar surface area (TPSA) is 37.3 Å². The van der Waals surface area contributed by atoms with Gasteiger partial charge in [-0.3, -0.25) is 0 Å². The molecular weight excluding hydrogens is 274 g/mol. The van der Waals surface area contributed by atoms with E-state index in [1.54, 1.807) is 0 Å². The van der Waals surface area contributed by atoms with Gasteiger partial charge in [0.25, 0.3) is 0 Å². The third-order valence-corrected chi connectivity index (χ3v) is 4.46. The van der Waals surface area contributed by atoms with E-state index in [0.29, 0.717) is 6.04 Å². The Bertz CT molecular complexity index is 598. The van der Waals surface area contributed by atoms with Gasteiger partial charge in [-0.25, -0.2) is 4.79 Å². The first kappa shape index (κ1) is 14.7. The lowest BCUT2D eigenvalue weighted by molar-refractivity contribution is 0.186. The first-order chi connectivity index (χ1) is 10.7. The molecule has 2 aromatic rings. The second-order valence-corrected chi connectivity index (χ2v) is 5.97. The number of hydrogen-bond acceptors (Lipinski definition) is 1. The Hall–Kier alpha value is -2.23. The highest BCUT2D eigenvalue weighted by molar-refractivity contribution is 5.89. The van der Waals surface area contributed by atoms with Crippen molar-refractivity contribution in [3.05, 3.63) is 48.8 Å². The van der Waals surface area contributed by atoms with Gasteiger partial charge in [0, 0.05) is 36.9 Å². The van der Waals surface area contributed by atoms with Gasteiger partial charge in [-0.15, -0.1) is 0 Å². The molecule has 0 atom stereocenters. The van der Waals surface area contributed by atoms with Crippen LogP contribution < -0.4 is 5.32 Å². The van der Waals surface area contributed by atoms with E-state index in [-0.39, 0.29) is 6.03 Å². The molecule has 4 nitrogen and oxygen atoms in total. The summed E-state index contributed by atoms with van der Waals surface area (Å²) in [5.74, 6) is 0. The minimum Gasteiger partial charge on any atom is -0.325 e. The smallest absolute Gasteiger partial charge is 0.321 e. The first-order valence-corrected chi connectivity index (χ1v) is 8.01. The van der Waals surface area contributed by atoms with Crippen molar-refractivity contribution in [2.75, 3.05) is 12.4 Å². The molecule has 1 heterocycles. The number of nitrogens with one attached hydrogen (secondary N) is 1. The average molecular weight is 297 g/mol. The maximum Gasteiger partial charge on any atom is 0.321 e. The van der Waals surface area contributed by atoms with Gasteiger partial charge in [0.2, 0.25) is 0 Å². The van der Waals surface area contributed by atoms with E-state index in [0.717, 1.165) is 24.2 Å². The minimum absolute atomic E-state index is 0.0133. The number of anilines is 1. The summed E-state index contributed by atoms with van der Waals surface area (Å²) in [5.41, 5.74) is 1.92. The van der Waals surface area contributed by atoms with Crippen molar-refractivity contribution < 1.29 is 4.79 Å². The Morgan fingerprint density at radius 2 is 1.73 bits per heavy atom. The Labute approximate surface area is 131 Å². The summed E-state index contributed by atoms with van der Waals surface area (Å²) < 4.78 is 2.04. The third-order valence-electron chi connectivity index (χ3n) is 4.46. The number of benzene rings is 1. The van der Waals surface area contributed by atoms with Gasteiger partial charge >= 0.3 is 6.03 Å². The Kier molecular flexibility index (Phi) is 4.47. The van der Waals surface area contributed by atoms with Gasteiger partial charge in [-0.05, 0) is 49.2 Å². The van der Waals surface area contributed by atoms with Crippen molar-refractivity contribution in [3.63, 3.8) is 0 Å². The largest absolute Gasteiger partial charge is 0.325 e. The summed E-state index contributed by atoms with van der Waals surface area (Å²) in [7, 11) is 1.90. The molecule has 116 valence electrons. The molecule has 0 unspecified atom stereocenters. The highest BCUT2D eigenvalue weighted by atomic mass is 16.2. The molecule has 0 spiro atoms. The van der Waals surface area contributed by atoms with E-state index in [9.17, 15) is 4.79 Å². The minimum atomic E-state index is -0.0133. The van der Waals surface area contributed by atoms with Crippen LogP contribution in [-0.4, -0.2) is 28.6 Å². The Morgan fingerprint density at radius 1 is 1.09 bits per heavy atom. The van der Waals surface area contributed by atoms with Gasteiger partial charge in [-0.1, -0.05) is 19.3 Å². The van der Waals surface area contributed by atoms with Crippen molar-refractivity contribution in [1.82, 2.24) is 9.47 Å². The van der Waals surface area contributed by atoms with Crippen LogP contribution in [0.25, 0.3) is 5.69 Å². The fraction of sp³-hybridized carbons (Fsp3) is 0.389. The van der Waals surface area contributed by atoms with Crippen LogP contribution in [0.3, 0.4) is 0 Å².